The van der Waals surface area contributed by atoms with Gasteiger partial charge in [-0.15, -0.1) is 0 Å². The summed E-state index contributed by atoms with van der Waals surface area (Å²) in [5.74, 6) is 1.02. The van der Waals surface area contributed by atoms with Gasteiger partial charge in [-0.05, 0) is 11.6 Å². The molecule has 1 aliphatic heterocycles. The zero-order chi connectivity index (χ0) is 19.3. The van der Waals surface area contributed by atoms with E-state index in [1.807, 2.05) is 31.2 Å². The minimum Gasteiger partial charge on any atom is -0.460 e. The van der Waals surface area contributed by atoms with Crippen LogP contribution in [0.5, 0.6) is 0 Å². The lowest BCUT2D eigenvalue weighted by Crippen LogP contribution is -2.46. The van der Waals surface area contributed by atoms with Crippen molar-refractivity contribution >= 4 is 16.8 Å². The van der Waals surface area contributed by atoms with Crippen LogP contribution in [0.3, 0.4) is 0 Å². The number of furan rings is 1. The SMILES string of the molecule is CCc1oc2ccccc2c1C(=O)CCN1CCN(Cc2ccccc2)CC1. The largest absolute Gasteiger partial charge is 0.460 e. The number of carbonyl (C=O) groups excluding carboxylic acids is 1. The molecule has 0 saturated carbocycles. The fourth-order valence-corrected chi connectivity index (χ4v) is 4.05. The first-order valence-electron chi connectivity index (χ1n) is 10.3. The van der Waals surface area contributed by atoms with Gasteiger partial charge in [-0.2, -0.15) is 0 Å². The zero-order valence-corrected chi connectivity index (χ0v) is 16.6. The maximum atomic E-state index is 13.0. The van der Waals surface area contributed by atoms with Crippen molar-refractivity contribution in [2.75, 3.05) is 32.7 Å². The Morgan fingerprint density at radius 1 is 0.929 bits per heavy atom. The van der Waals surface area contributed by atoms with Gasteiger partial charge in [0.1, 0.15) is 11.3 Å². The van der Waals surface area contributed by atoms with Crippen molar-refractivity contribution in [3.8, 4) is 0 Å². The van der Waals surface area contributed by atoms with Gasteiger partial charge in [-0.3, -0.25) is 9.69 Å². The number of nitrogens with zero attached hydrogens (tertiary/aromatic N) is 2. The van der Waals surface area contributed by atoms with E-state index in [4.69, 9.17) is 4.42 Å². The Bertz CT molecular complexity index is 924. The zero-order valence-electron chi connectivity index (χ0n) is 16.6. The van der Waals surface area contributed by atoms with Gasteiger partial charge in [0.2, 0.25) is 0 Å². The van der Waals surface area contributed by atoms with Gasteiger partial charge in [0, 0.05) is 57.5 Å². The molecule has 4 nitrogen and oxygen atoms in total. The van der Waals surface area contributed by atoms with Crippen molar-refractivity contribution in [1.82, 2.24) is 9.80 Å². The van der Waals surface area contributed by atoms with E-state index in [1.54, 1.807) is 0 Å². The third kappa shape index (κ3) is 4.18. The predicted octanol–water partition coefficient (Wildman–Crippen LogP) is 4.39. The van der Waals surface area contributed by atoms with Gasteiger partial charge in [-0.25, -0.2) is 0 Å². The normalized spacial score (nSPS) is 15.9. The van der Waals surface area contributed by atoms with Crippen LogP contribution >= 0.6 is 0 Å². The van der Waals surface area contributed by atoms with Crippen LogP contribution in [0.1, 0.15) is 35.0 Å². The fourth-order valence-electron chi connectivity index (χ4n) is 4.05. The summed E-state index contributed by atoms with van der Waals surface area (Å²) >= 11 is 0. The Morgan fingerprint density at radius 2 is 1.61 bits per heavy atom. The molecule has 0 bridgehead atoms. The lowest BCUT2D eigenvalue weighted by Gasteiger charge is -2.34. The molecule has 0 atom stereocenters. The first-order valence-corrected chi connectivity index (χ1v) is 10.3. The van der Waals surface area contributed by atoms with E-state index in [2.05, 4.69) is 40.1 Å². The van der Waals surface area contributed by atoms with E-state index in [9.17, 15) is 4.79 Å². The molecule has 4 heteroatoms. The highest BCUT2D eigenvalue weighted by molar-refractivity contribution is 6.08. The molecule has 0 unspecified atom stereocenters. The monoisotopic (exact) mass is 376 g/mol. The van der Waals surface area contributed by atoms with Crippen LogP contribution in [0.25, 0.3) is 11.0 Å². The number of piperazine rings is 1. The Labute approximate surface area is 166 Å². The van der Waals surface area contributed by atoms with Crippen LogP contribution in [0.4, 0.5) is 0 Å². The number of carbonyl (C=O) groups is 1. The van der Waals surface area contributed by atoms with Crippen LogP contribution in [-0.2, 0) is 13.0 Å². The van der Waals surface area contributed by atoms with Gasteiger partial charge in [-0.1, -0.05) is 55.5 Å². The van der Waals surface area contributed by atoms with Crippen LogP contribution in [0.15, 0.2) is 59.0 Å². The predicted molar refractivity (Wildman–Crippen MR) is 113 cm³/mol. The van der Waals surface area contributed by atoms with Crippen LogP contribution in [0.2, 0.25) is 0 Å². The van der Waals surface area contributed by atoms with Crippen molar-refractivity contribution in [3.63, 3.8) is 0 Å². The summed E-state index contributed by atoms with van der Waals surface area (Å²) in [7, 11) is 0. The van der Waals surface area contributed by atoms with Gasteiger partial charge in [0.05, 0.1) is 5.56 Å². The molecule has 1 aliphatic rings. The van der Waals surface area contributed by atoms with E-state index >= 15 is 0 Å². The van der Waals surface area contributed by atoms with E-state index in [0.717, 1.165) is 68.0 Å². The maximum absolute atomic E-state index is 13.0. The highest BCUT2D eigenvalue weighted by Crippen LogP contribution is 2.27. The second-order valence-corrected chi connectivity index (χ2v) is 7.53. The maximum Gasteiger partial charge on any atom is 0.168 e. The van der Waals surface area contributed by atoms with Gasteiger partial charge < -0.3 is 9.32 Å². The summed E-state index contributed by atoms with van der Waals surface area (Å²) in [6.45, 7) is 8.02. The van der Waals surface area contributed by atoms with Crippen molar-refractivity contribution in [2.45, 2.75) is 26.3 Å². The first-order chi connectivity index (χ1) is 13.7. The lowest BCUT2D eigenvalue weighted by molar-refractivity contribution is 0.0922. The van der Waals surface area contributed by atoms with Gasteiger partial charge in [0.15, 0.2) is 5.78 Å². The number of para-hydroxylation sites is 1. The summed E-state index contributed by atoms with van der Waals surface area (Å²) in [6.07, 6.45) is 1.29. The number of ketones is 1. The molecule has 0 amide bonds. The number of hydrogen-bond acceptors (Lipinski definition) is 4. The fraction of sp³-hybridized carbons (Fsp3) is 0.375. The molecule has 0 spiro atoms. The highest BCUT2D eigenvalue weighted by atomic mass is 16.3. The van der Waals surface area contributed by atoms with E-state index < -0.39 is 0 Å². The molecule has 1 aromatic heterocycles. The molecule has 28 heavy (non-hydrogen) atoms. The Morgan fingerprint density at radius 3 is 2.36 bits per heavy atom. The van der Waals surface area contributed by atoms with Crippen molar-refractivity contribution in [3.05, 3.63) is 71.5 Å². The van der Waals surface area contributed by atoms with Crippen LogP contribution in [0, 0.1) is 0 Å². The number of fused-ring (bicyclic) bond motifs is 1. The Kier molecular flexibility index (Phi) is 5.89. The number of aryl methyl sites for hydroxylation is 1. The summed E-state index contributed by atoms with van der Waals surface area (Å²) in [5.41, 5.74) is 2.98. The van der Waals surface area contributed by atoms with Gasteiger partial charge in [0.25, 0.3) is 0 Å². The van der Waals surface area contributed by atoms with Crippen LogP contribution in [-0.4, -0.2) is 48.3 Å². The van der Waals surface area contributed by atoms with Gasteiger partial charge >= 0.3 is 0 Å². The molecule has 1 fully saturated rings. The molecule has 2 heterocycles. The summed E-state index contributed by atoms with van der Waals surface area (Å²) in [5, 5.41) is 0.956. The van der Waals surface area contributed by atoms with Crippen molar-refractivity contribution < 1.29 is 9.21 Å². The Hall–Kier alpha value is -2.43. The third-order valence-electron chi connectivity index (χ3n) is 5.64. The molecule has 0 radical (unpaired) electrons. The van der Waals surface area contributed by atoms with Crippen molar-refractivity contribution in [2.24, 2.45) is 0 Å². The standard InChI is InChI=1S/C24H28N2O2/c1-2-22-24(20-10-6-7-11-23(20)28-22)21(27)12-13-25-14-16-26(17-15-25)18-19-8-4-3-5-9-19/h3-11H,2,12-18H2,1H3. The molecule has 0 aliphatic carbocycles. The van der Waals surface area contributed by atoms with Crippen molar-refractivity contribution in [1.29, 1.82) is 0 Å². The molecule has 3 aromatic rings. The average Bonchev–Trinajstić information content (AvgIpc) is 3.12. The minimum absolute atomic E-state index is 0.202. The van der Waals surface area contributed by atoms with E-state index in [1.165, 1.54) is 5.56 Å². The minimum atomic E-state index is 0.202. The molecule has 2 aromatic carbocycles. The summed E-state index contributed by atoms with van der Waals surface area (Å²) in [6, 6.07) is 18.5. The lowest BCUT2D eigenvalue weighted by atomic mass is 10.0. The average molecular weight is 377 g/mol. The quantitative estimate of drug-likeness (QED) is 0.573. The highest BCUT2D eigenvalue weighted by Gasteiger charge is 2.22. The molecule has 146 valence electrons. The second kappa shape index (κ2) is 8.72. The van der Waals surface area contributed by atoms with Crippen LogP contribution < -0.4 is 0 Å². The molecular weight excluding hydrogens is 348 g/mol. The first kappa shape index (κ1) is 18.9. The van der Waals surface area contributed by atoms with E-state index in [-0.39, 0.29) is 5.78 Å². The number of benzene rings is 2. The third-order valence-corrected chi connectivity index (χ3v) is 5.64. The molecule has 4 rings (SSSR count). The Balaban J connectivity index is 1.32. The number of hydrogen-bond donors (Lipinski definition) is 0. The molecule has 0 N–H and O–H groups in total. The van der Waals surface area contributed by atoms with E-state index in [0.29, 0.717) is 6.42 Å². The smallest absolute Gasteiger partial charge is 0.168 e. The summed E-state index contributed by atoms with van der Waals surface area (Å²) < 4.78 is 5.89. The second-order valence-electron chi connectivity index (χ2n) is 7.53. The summed E-state index contributed by atoms with van der Waals surface area (Å²) in [4.78, 5) is 17.9. The number of Topliss-reactive ketones (excluding diaryl/α,β-unsaturated/α-hetero) is 1. The molecule has 1 saturated heterocycles. The number of rotatable bonds is 7. The topological polar surface area (TPSA) is 36.7 Å². The molecular formula is C24H28N2O2.